The van der Waals surface area contributed by atoms with Gasteiger partial charge in [-0.15, -0.1) is 11.3 Å². The Labute approximate surface area is 168 Å². The van der Waals surface area contributed by atoms with Gasteiger partial charge in [-0.3, -0.25) is 4.79 Å². The van der Waals surface area contributed by atoms with E-state index < -0.39 is 5.82 Å². The van der Waals surface area contributed by atoms with Crippen molar-refractivity contribution in [2.24, 2.45) is 0 Å². The third-order valence-corrected chi connectivity index (χ3v) is 5.31. The molecule has 6 heteroatoms. The first-order valence-corrected chi connectivity index (χ1v) is 10.1. The van der Waals surface area contributed by atoms with Gasteiger partial charge in [-0.05, 0) is 38.5 Å². The fourth-order valence-corrected chi connectivity index (χ4v) is 3.72. The van der Waals surface area contributed by atoms with Crippen molar-refractivity contribution >= 4 is 17.2 Å². The number of carbonyl (C=O) groups excluding carboxylic acids is 1. The molecule has 1 amide bonds. The van der Waals surface area contributed by atoms with Crippen LogP contribution in [0.5, 0.6) is 5.75 Å². The molecule has 1 aromatic heterocycles. The van der Waals surface area contributed by atoms with E-state index in [4.69, 9.17) is 4.74 Å². The summed E-state index contributed by atoms with van der Waals surface area (Å²) in [6, 6.07) is 12.7. The van der Waals surface area contributed by atoms with Crippen molar-refractivity contribution in [3.8, 4) is 16.3 Å². The maximum Gasteiger partial charge on any atom is 0.273 e. The molecule has 0 spiro atoms. The average Bonchev–Trinajstić information content (AvgIpc) is 3.17. The lowest BCUT2D eigenvalue weighted by Crippen LogP contribution is -2.30. The van der Waals surface area contributed by atoms with Crippen LogP contribution < -0.4 is 4.74 Å². The van der Waals surface area contributed by atoms with Gasteiger partial charge in [0, 0.05) is 30.1 Å². The second-order valence-electron chi connectivity index (χ2n) is 6.43. The maximum atomic E-state index is 14.6. The van der Waals surface area contributed by atoms with Crippen LogP contribution in [0.2, 0.25) is 0 Å². The topological polar surface area (TPSA) is 42.4 Å². The highest BCUT2D eigenvalue weighted by molar-refractivity contribution is 7.13. The lowest BCUT2D eigenvalue weighted by molar-refractivity contribution is 0.0768. The summed E-state index contributed by atoms with van der Waals surface area (Å²) >= 11 is 1.26. The molecule has 0 aliphatic rings. The minimum absolute atomic E-state index is 0.133. The van der Waals surface area contributed by atoms with Gasteiger partial charge in [0.15, 0.2) is 0 Å². The Balaban J connectivity index is 1.73. The van der Waals surface area contributed by atoms with E-state index >= 15 is 0 Å². The molecule has 0 N–H and O–H groups in total. The van der Waals surface area contributed by atoms with Gasteiger partial charge in [0.1, 0.15) is 28.9 Å². The molecular formula is C22H23FN2O2S. The Morgan fingerprint density at radius 2 is 1.96 bits per heavy atom. The van der Waals surface area contributed by atoms with Crippen LogP contribution in [0.4, 0.5) is 4.39 Å². The highest BCUT2D eigenvalue weighted by Gasteiger charge is 2.18. The van der Waals surface area contributed by atoms with Crippen molar-refractivity contribution < 1.29 is 13.9 Å². The summed E-state index contributed by atoms with van der Waals surface area (Å²) in [5.41, 5.74) is 2.90. The fourth-order valence-electron chi connectivity index (χ4n) is 2.90. The molecule has 0 saturated heterocycles. The zero-order valence-electron chi connectivity index (χ0n) is 16.2. The Bertz CT molecular complexity index is 967. The molecule has 0 radical (unpaired) electrons. The normalized spacial score (nSPS) is 10.7. The number of hydrogen-bond donors (Lipinski definition) is 0. The van der Waals surface area contributed by atoms with Crippen LogP contribution >= 0.6 is 11.3 Å². The number of ether oxygens (including phenoxy) is 1. The summed E-state index contributed by atoms with van der Waals surface area (Å²) in [4.78, 5) is 18.4. The van der Waals surface area contributed by atoms with Gasteiger partial charge >= 0.3 is 0 Å². The number of thiazole rings is 1. The predicted molar refractivity (Wildman–Crippen MR) is 110 cm³/mol. The van der Waals surface area contributed by atoms with Gasteiger partial charge in [0.25, 0.3) is 5.91 Å². The number of carbonyl (C=O) groups is 1. The summed E-state index contributed by atoms with van der Waals surface area (Å²) < 4.78 is 20.3. The quantitative estimate of drug-likeness (QED) is 0.541. The van der Waals surface area contributed by atoms with Crippen molar-refractivity contribution in [3.05, 3.63) is 70.5 Å². The van der Waals surface area contributed by atoms with Crippen molar-refractivity contribution in [2.75, 3.05) is 13.1 Å². The number of nitrogens with zero attached hydrogens (tertiary/aromatic N) is 2. The Morgan fingerprint density at radius 1 is 1.18 bits per heavy atom. The molecular weight excluding hydrogens is 375 g/mol. The van der Waals surface area contributed by atoms with Crippen molar-refractivity contribution in [1.29, 1.82) is 0 Å². The number of amides is 1. The van der Waals surface area contributed by atoms with Gasteiger partial charge in [0.2, 0.25) is 0 Å². The number of benzene rings is 2. The van der Waals surface area contributed by atoms with E-state index in [0.717, 1.165) is 11.1 Å². The monoisotopic (exact) mass is 398 g/mol. The number of hydrogen-bond acceptors (Lipinski definition) is 4. The first-order valence-electron chi connectivity index (χ1n) is 9.24. The van der Waals surface area contributed by atoms with Gasteiger partial charge in [0.05, 0.1) is 0 Å². The average molecular weight is 399 g/mol. The Kier molecular flexibility index (Phi) is 6.41. The summed E-state index contributed by atoms with van der Waals surface area (Å²) in [6.07, 6.45) is 0. The molecule has 0 fully saturated rings. The molecule has 0 aliphatic carbocycles. The molecule has 146 valence electrons. The lowest BCUT2D eigenvalue weighted by atomic mass is 10.1. The van der Waals surface area contributed by atoms with Crippen molar-refractivity contribution in [1.82, 2.24) is 9.88 Å². The Hall–Kier alpha value is -2.73. The van der Waals surface area contributed by atoms with E-state index in [1.165, 1.54) is 17.4 Å². The molecule has 3 aromatic rings. The van der Waals surface area contributed by atoms with E-state index in [1.807, 2.05) is 45.0 Å². The van der Waals surface area contributed by atoms with E-state index in [9.17, 15) is 9.18 Å². The van der Waals surface area contributed by atoms with Crippen LogP contribution in [0.3, 0.4) is 0 Å². The molecule has 1 heterocycles. The summed E-state index contributed by atoms with van der Waals surface area (Å²) in [5.74, 6) is -0.0947. The summed E-state index contributed by atoms with van der Waals surface area (Å²) in [5, 5.41) is 2.16. The second-order valence-corrected chi connectivity index (χ2v) is 7.29. The Morgan fingerprint density at radius 3 is 2.64 bits per heavy atom. The zero-order chi connectivity index (χ0) is 20.1. The third-order valence-electron chi connectivity index (χ3n) is 4.43. The minimum Gasteiger partial charge on any atom is -0.489 e. The highest BCUT2D eigenvalue weighted by atomic mass is 32.1. The summed E-state index contributed by atoms with van der Waals surface area (Å²) in [7, 11) is 0. The molecule has 0 saturated carbocycles. The largest absolute Gasteiger partial charge is 0.489 e. The molecule has 0 atom stereocenters. The van der Waals surface area contributed by atoms with Gasteiger partial charge in [-0.25, -0.2) is 9.37 Å². The minimum atomic E-state index is -0.419. The number of aromatic nitrogens is 1. The zero-order valence-corrected chi connectivity index (χ0v) is 17.1. The van der Waals surface area contributed by atoms with Crippen molar-refractivity contribution in [2.45, 2.75) is 27.4 Å². The van der Waals surface area contributed by atoms with E-state index in [-0.39, 0.29) is 5.91 Å². The standard InChI is InChI=1S/C22H23FN2O2S/c1-4-25(5-2)22(26)20-14-28-21(24-20)18-10-9-17(12-19(18)23)27-13-16-8-6-7-15(3)11-16/h6-12,14H,4-5,13H2,1-3H3. The molecule has 0 unspecified atom stereocenters. The van der Waals surface area contributed by atoms with Gasteiger partial charge < -0.3 is 9.64 Å². The van der Waals surface area contributed by atoms with Crippen LogP contribution in [-0.4, -0.2) is 28.9 Å². The molecule has 0 aliphatic heterocycles. The molecule has 4 nitrogen and oxygen atoms in total. The van der Waals surface area contributed by atoms with Crippen LogP contribution in [0.25, 0.3) is 10.6 Å². The summed E-state index contributed by atoms with van der Waals surface area (Å²) in [6.45, 7) is 7.46. The van der Waals surface area contributed by atoms with Crippen LogP contribution in [0, 0.1) is 12.7 Å². The SMILES string of the molecule is CCN(CC)C(=O)c1csc(-c2ccc(OCc3cccc(C)c3)cc2F)n1. The number of halogens is 1. The third kappa shape index (κ3) is 4.57. The molecule has 2 aromatic carbocycles. The number of rotatable bonds is 7. The molecule has 0 bridgehead atoms. The second kappa shape index (κ2) is 8.97. The first kappa shape index (κ1) is 20.0. The van der Waals surface area contributed by atoms with Crippen molar-refractivity contribution in [3.63, 3.8) is 0 Å². The van der Waals surface area contributed by atoms with E-state index in [2.05, 4.69) is 4.98 Å². The van der Waals surface area contributed by atoms with Crippen LogP contribution in [0.1, 0.15) is 35.5 Å². The maximum absolute atomic E-state index is 14.6. The van der Waals surface area contributed by atoms with Crippen LogP contribution in [-0.2, 0) is 6.61 Å². The molecule has 3 rings (SSSR count). The van der Waals surface area contributed by atoms with E-state index in [1.54, 1.807) is 22.4 Å². The number of aryl methyl sites for hydroxylation is 1. The highest BCUT2D eigenvalue weighted by Crippen LogP contribution is 2.29. The lowest BCUT2D eigenvalue weighted by Gasteiger charge is -2.16. The first-order chi connectivity index (χ1) is 13.5. The smallest absolute Gasteiger partial charge is 0.273 e. The van der Waals surface area contributed by atoms with Gasteiger partial charge in [-0.1, -0.05) is 29.8 Å². The fraction of sp³-hybridized carbons (Fsp3) is 0.273. The van der Waals surface area contributed by atoms with Crippen LogP contribution in [0.15, 0.2) is 47.8 Å². The van der Waals surface area contributed by atoms with E-state index in [0.29, 0.717) is 41.7 Å². The predicted octanol–water partition coefficient (Wildman–Crippen LogP) is 5.32. The molecule has 28 heavy (non-hydrogen) atoms. The van der Waals surface area contributed by atoms with Gasteiger partial charge in [-0.2, -0.15) is 0 Å².